The summed E-state index contributed by atoms with van der Waals surface area (Å²) in [5.41, 5.74) is 1.22. The average molecular weight is 550 g/mol. The highest BCUT2D eigenvalue weighted by atomic mass is 32.2. The highest BCUT2D eigenvalue weighted by molar-refractivity contribution is 7.92. The van der Waals surface area contributed by atoms with Crippen LogP contribution in [-0.4, -0.2) is 46.8 Å². The third-order valence-corrected chi connectivity index (χ3v) is 6.71. The van der Waals surface area contributed by atoms with Crippen LogP contribution in [0.3, 0.4) is 0 Å². The zero-order chi connectivity index (χ0) is 27.8. The van der Waals surface area contributed by atoms with E-state index >= 15 is 0 Å². The first kappa shape index (κ1) is 28.2. The van der Waals surface area contributed by atoms with Crippen LogP contribution in [0.2, 0.25) is 0 Å². The van der Waals surface area contributed by atoms with E-state index in [9.17, 15) is 31.2 Å². The Morgan fingerprint density at radius 1 is 1.00 bits per heavy atom. The van der Waals surface area contributed by atoms with E-state index in [1.807, 2.05) is 0 Å². The Bertz CT molecular complexity index is 1410. The van der Waals surface area contributed by atoms with E-state index in [1.165, 1.54) is 43.7 Å². The van der Waals surface area contributed by atoms with Gasteiger partial charge in [0.15, 0.2) is 6.61 Å². The lowest BCUT2D eigenvalue weighted by Gasteiger charge is -2.24. The van der Waals surface area contributed by atoms with Gasteiger partial charge in [0.1, 0.15) is 12.3 Å². The van der Waals surface area contributed by atoms with Crippen LogP contribution in [0.1, 0.15) is 11.1 Å². The van der Waals surface area contributed by atoms with Crippen molar-refractivity contribution in [2.75, 3.05) is 24.6 Å². The summed E-state index contributed by atoms with van der Waals surface area (Å²) in [5, 5.41) is 3.78. The van der Waals surface area contributed by atoms with E-state index in [4.69, 9.17) is 4.74 Å². The number of halogens is 3. The quantitative estimate of drug-likeness (QED) is 0.235. The summed E-state index contributed by atoms with van der Waals surface area (Å²) in [4.78, 5) is 23.6. The van der Waals surface area contributed by atoms with Gasteiger partial charge in [-0.2, -0.15) is 18.3 Å². The zero-order valence-corrected chi connectivity index (χ0v) is 20.7. The molecule has 0 atom stereocenters. The molecule has 38 heavy (non-hydrogen) atoms. The number of nitrogens with one attached hydrogen (secondary N) is 1. The number of amides is 1. The van der Waals surface area contributed by atoms with Crippen molar-refractivity contribution in [2.45, 2.75) is 11.1 Å². The maximum Gasteiger partial charge on any atom is 0.416 e. The number of carbonyl (C=O) groups excluding carboxylic acids is 2. The van der Waals surface area contributed by atoms with E-state index in [1.54, 1.807) is 24.3 Å². The van der Waals surface area contributed by atoms with Gasteiger partial charge >= 0.3 is 12.1 Å². The molecule has 0 fully saturated rings. The Balaban J connectivity index is 1.80. The van der Waals surface area contributed by atoms with Crippen molar-refractivity contribution >= 4 is 33.8 Å². The Morgan fingerprint density at radius 3 is 2.39 bits per heavy atom. The van der Waals surface area contributed by atoms with Crippen LogP contribution in [0, 0.1) is 0 Å². The molecule has 0 saturated heterocycles. The molecule has 0 aliphatic heterocycles. The van der Waals surface area contributed by atoms with Crippen molar-refractivity contribution in [1.29, 1.82) is 0 Å². The molecule has 0 spiro atoms. The van der Waals surface area contributed by atoms with Gasteiger partial charge in [-0.15, -0.1) is 0 Å². The summed E-state index contributed by atoms with van der Waals surface area (Å²) in [5.74, 6) is -1.15. The van der Waals surface area contributed by atoms with E-state index in [-0.39, 0.29) is 17.2 Å². The number of sulfonamides is 1. The maximum absolute atomic E-state index is 13.3. The molecule has 0 aliphatic rings. The number of ether oxygens (including phenoxy) is 2. The SMILES string of the molecule is COC(=O)COc1cccc(/C=N\NC(=O)CN(c2cccc(C(F)(F)F)c2)S(=O)(=O)c2ccccc2)c1. The number of methoxy groups -OCH3 is 1. The highest BCUT2D eigenvalue weighted by Gasteiger charge is 2.33. The zero-order valence-electron chi connectivity index (χ0n) is 19.9. The molecule has 0 radical (unpaired) electrons. The Morgan fingerprint density at radius 2 is 1.71 bits per heavy atom. The number of alkyl halides is 3. The fourth-order valence-electron chi connectivity index (χ4n) is 3.10. The highest BCUT2D eigenvalue weighted by Crippen LogP contribution is 2.33. The first-order chi connectivity index (χ1) is 18.0. The Kier molecular flexibility index (Phi) is 9.07. The molecule has 13 heteroatoms. The average Bonchev–Trinajstić information content (AvgIpc) is 2.90. The third kappa shape index (κ3) is 7.56. The number of nitrogens with zero attached hydrogens (tertiary/aromatic N) is 2. The van der Waals surface area contributed by atoms with Gasteiger partial charge in [-0.3, -0.25) is 9.10 Å². The molecular formula is C25H22F3N3O6S. The number of carbonyl (C=O) groups is 2. The minimum Gasteiger partial charge on any atom is -0.482 e. The molecular weight excluding hydrogens is 527 g/mol. The molecule has 9 nitrogen and oxygen atoms in total. The predicted octanol–water partition coefficient (Wildman–Crippen LogP) is 3.60. The van der Waals surface area contributed by atoms with E-state index in [2.05, 4.69) is 15.3 Å². The topological polar surface area (TPSA) is 114 Å². The van der Waals surface area contributed by atoms with Crippen molar-refractivity contribution < 1.29 is 40.7 Å². The lowest BCUT2D eigenvalue weighted by Crippen LogP contribution is -2.39. The molecule has 0 aromatic heterocycles. The van der Waals surface area contributed by atoms with Crippen LogP contribution in [0.5, 0.6) is 5.75 Å². The lowest BCUT2D eigenvalue weighted by molar-refractivity contribution is -0.143. The molecule has 1 N–H and O–H groups in total. The van der Waals surface area contributed by atoms with Crippen LogP contribution in [-0.2, 0) is 30.5 Å². The molecule has 3 aromatic rings. The van der Waals surface area contributed by atoms with Gasteiger partial charge in [-0.25, -0.2) is 18.6 Å². The van der Waals surface area contributed by atoms with Gasteiger partial charge in [0, 0.05) is 0 Å². The Hall–Kier alpha value is -4.39. The fourth-order valence-corrected chi connectivity index (χ4v) is 4.54. The van der Waals surface area contributed by atoms with Crippen LogP contribution in [0.4, 0.5) is 18.9 Å². The van der Waals surface area contributed by atoms with Crippen LogP contribution >= 0.6 is 0 Å². The van der Waals surface area contributed by atoms with E-state index in [0.29, 0.717) is 21.7 Å². The summed E-state index contributed by atoms with van der Waals surface area (Å²) in [6.07, 6.45) is -3.48. The first-order valence-electron chi connectivity index (χ1n) is 10.9. The number of rotatable bonds is 10. The second-order valence-electron chi connectivity index (χ2n) is 7.60. The van der Waals surface area contributed by atoms with Crippen molar-refractivity contribution in [1.82, 2.24) is 5.43 Å². The van der Waals surface area contributed by atoms with Crippen LogP contribution in [0.15, 0.2) is 88.9 Å². The Labute approximate surface area is 216 Å². The number of anilines is 1. The molecule has 3 aromatic carbocycles. The van der Waals surface area contributed by atoms with Gasteiger partial charge in [0.05, 0.1) is 29.5 Å². The molecule has 0 unspecified atom stereocenters. The van der Waals surface area contributed by atoms with Gasteiger partial charge in [0.2, 0.25) is 0 Å². The van der Waals surface area contributed by atoms with Crippen LogP contribution in [0.25, 0.3) is 0 Å². The second-order valence-corrected chi connectivity index (χ2v) is 9.47. The largest absolute Gasteiger partial charge is 0.482 e. The minimum absolute atomic E-state index is 0.211. The lowest BCUT2D eigenvalue weighted by atomic mass is 10.2. The molecule has 0 saturated carbocycles. The number of esters is 1. The second kappa shape index (κ2) is 12.2. The number of hydrazone groups is 1. The van der Waals surface area contributed by atoms with Gasteiger partial charge in [-0.05, 0) is 48.0 Å². The normalized spacial score (nSPS) is 11.7. The number of hydrogen-bond acceptors (Lipinski definition) is 7. The predicted molar refractivity (Wildman–Crippen MR) is 132 cm³/mol. The fraction of sp³-hybridized carbons (Fsp3) is 0.160. The first-order valence-corrected chi connectivity index (χ1v) is 12.3. The number of hydrogen-bond donors (Lipinski definition) is 1. The van der Waals surface area contributed by atoms with Crippen molar-refractivity contribution in [3.8, 4) is 5.75 Å². The maximum atomic E-state index is 13.3. The van der Waals surface area contributed by atoms with E-state index < -0.39 is 40.2 Å². The van der Waals surface area contributed by atoms with Gasteiger partial charge in [-0.1, -0.05) is 36.4 Å². The van der Waals surface area contributed by atoms with Gasteiger partial charge < -0.3 is 9.47 Å². The van der Waals surface area contributed by atoms with E-state index in [0.717, 1.165) is 18.2 Å². The molecule has 200 valence electrons. The van der Waals surface area contributed by atoms with Crippen LogP contribution < -0.4 is 14.5 Å². The van der Waals surface area contributed by atoms with Crippen molar-refractivity contribution in [3.63, 3.8) is 0 Å². The summed E-state index contributed by atoms with van der Waals surface area (Å²) in [6.45, 7) is -1.16. The summed E-state index contributed by atoms with van der Waals surface area (Å²) < 4.78 is 76.7. The number of benzene rings is 3. The molecule has 0 heterocycles. The third-order valence-electron chi connectivity index (χ3n) is 4.93. The summed E-state index contributed by atoms with van der Waals surface area (Å²) in [6, 6.07) is 17.0. The van der Waals surface area contributed by atoms with Gasteiger partial charge in [0.25, 0.3) is 15.9 Å². The standard InChI is InChI=1S/C25H22F3N3O6S/c1-36-24(33)17-37-21-10-5-7-18(13-21)15-29-30-23(32)16-31(38(34,35)22-11-3-2-4-12-22)20-9-6-8-19(14-20)25(26,27)28/h2-15H,16-17H2,1H3,(H,30,32)/b29-15-. The van der Waals surface area contributed by atoms with Crippen molar-refractivity contribution in [2.24, 2.45) is 5.10 Å². The van der Waals surface area contributed by atoms with Crippen molar-refractivity contribution in [3.05, 3.63) is 90.0 Å². The summed E-state index contributed by atoms with van der Waals surface area (Å²) >= 11 is 0. The molecule has 0 bridgehead atoms. The monoisotopic (exact) mass is 549 g/mol. The smallest absolute Gasteiger partial charge is 0.416 e. The molecule has 3 rings (SSSR count). The minimum atomic E-state index is -4.72. The summed E-state index contributed by atoms with van der Waals surface area (Å²) in [7, 11) is -3.19. The molecule has 1 amide bonds. The molecule has 0 aliphatic carbocycles.